The highest BCUT2D eigenvalue weighted by Crippen LogP contribution is 2.36. The van der Waals surface area contributed by atoms with E-state index in [-0.39, 0.29) is 18.0 Å². The third-order valence-corrected chi connectivity index (χ3v) is 3.61. The van der Waals surface area contributed by atoms with Crippen molar-refractivity contribution in [2.24, 2.45) is 0 Å². The maximum Gasteiger partial charge on any atom is 0.419 e. The summed E-state index contributed by atoms with van der Waals surface area (Å²) in [7, 11) is 0. The number of ether oxygens (including phenoxy) is 1. The first-order valence-corrected chi connectivity index (χ1v) is 7.02. The van der Waals surface area contributed by atoms with Crippen molar-refractivity contribution < 1.29 is 17.9 Å². The van der Waals surface area contributed by atoms with Gasteiger partial charge in [-0.1, -0.05) is 15.9 Å². The molecular formula is C12H14BrF3N2O. The van der Waals surface area contributed by atoms with Crippen LogP contribution in [-0.2, 0) is 10.9 Å². The lowest BCUT2D eigenvalue weighted by atomic mass is 10.2. The summed E-state index contributed by atoms with van der Waals surface area (Å²) in [5, 5.41) is 0.585. The normalized spacial score (nSPS) is 24.6. The van der Waals surface area contributed by atoms with Crippen LogP contribution in [0, 0.1) is 0 Å². The van der Waals surface area contributed by atoms with Crippen LogP contribution in [0.3, 0.4) is 0 Å². The van der Waals surface area contributed by atoms with Crippen LogP contribution in [0.1, 0.15) is 12.5 Å². The van der Waals surface area contributed by atoms with Crippen molar-refractivity contribution in [3.05, 3.63) is 23.9 Å². The molecule has 2 unspecified atom stereocenters. The zero-order valence-corrected chi connectivity index (χ0v) is 11.9. The van der Waals surface area contributed by atoms with E-state index in [9.17, 15) is 13.2 Å². The Kier molecular flexibility index (Phi) is 4.35. The van der Waals surface area contributed by atoms with Crippen LogP contribution in [-0.4, -0.2) is 35.6 Å². The topological polar surface area (TPSA) is 25.4 Å². The number of morpholine rings is 1. The van der Waals surface area contributed by atoms with Crippen LogP contribution in [0.15, 0.2) is 18.3 Å². The van der Waals surface area contributed by atoms with Crippen molar-refractivity contribution in [1.82, 2.24) is 4.98 Å². The largest absolute Gasteiger partial charge is 0.419 e. The predicted molar refractivity (Wildman–Crippen MR) is 69.6 cm³/mol. The van der Waals surface area contributed by atoms with Crippen molar-refractivity contribution in [2.75, 3.05) is 23.3 Å². The van der Waals surface area contributed by atoms with Gasteiger partial charge in [0.15, 0.2) is 0 Å². The van der Waals surface area contributed by atoms with E-state index in [0.717, 1.165) is 6.07 Å². The molecule has 2 heterocycles. The summed E-state index contributed by atoms with van der Waals surface area (Å²) in [5.41, 5.74) is -0.697. The third-order valence-electron chi connectivity index (χ3n) is 2.89. The molecular weight excluding hydrogens is 325 g/mol. The summed E-state index contributed by atoms with van der Waals surface area (Å²) >= 11 is 3.30. The van der Waals surface area contributed by atoms with Crippen LogP contribution in [0.25, 0.3) is 0 Å². The number of pyridine rings is 1. The summed E-state index contributed by atoms with van der Waals surface area (Å²) in [6.45, 7) is 2.65. The van der Waals surface area contributed by atoms with Gasteiger partial charge in [-0.05, 0) is 19.1 Å². The molecule has 1 fully saturated rings. The molecule has 0 amide bonds. The number of nitrogens with zero attached hydrogens (tertiary/aromatic N) is 2. The molecule has 0 radical (unpaired) electrons. The number of aromatic nitrogens is 1. The quantitative estimate of drug-likeness (QED) is 0.775. The van der Waals surface area contributed by atoms with E-state index in [1.54, 1.807) is 4.90 Å². The van der Waals surface area contributed by atoms with Crippen molar-refractivity contribution in [3.8, 4) is 0 Å². The number of alkyl halides is 4. The Morgan fingerprint density at radius 2 is 2.21 bits per heavy atom. The lowest BCUT2D eigenvalue weighted by Crippen LogP contribution is -2.48. The molecule has 1 aliphatic heterocycles. The minimum absolute atomic E-state index is 0.0175. The third kappa shape index (κ3) is 3.39. The van der Waals surface area contributed by atoms with Crippen LogP contribution in [0.4, 0.5) is 19.0 Å². The van der Waals surface area contributed by atoms with E-state index in [4.69, 9.17) is 4.74 Å². The molecule has 0 aliphatic carbocycles. The first kappa shape index (κ1) is 14.6. The molecule has 1 aromatic heterocycles. The highest BCUT2D eigenvalue weighted by Gasteiger charge is 2.37. The van der Waals surface area contributed by atoms with Crippen LogP contribution in [0.5, 0.6) is 0 Å². The Labute approximate surface area is 117 Å². The van der Waals surface area contributed by atoms with Crippen LogP contribution >= 0.6 is 15.9 Å². The Bertz CT molecular complexity index is 441. The van der Waals surface area contributed by atoms with Crippen LogP contribution in [0.2, 0.25) is 0 Å². The van der Waals surface area contributed by atoms with E-state index in [1.807, 2.05) is 6.92 Å². The molecule has 106 valence electrons. The maximum atomic E-state index is 13.0. The van der Waals surface area contributed by atoms with Gasteiger partial charge >= 0.3 is 6.18 Å². The molecule has 0 N–H and O–H groups in total. The maximum absolute atomic E-state index is 13.0. The molecule has 19 heavy (non-hydrogen) atoms. The first-order chi connectivity index (χ1) is 8.91. The van der Waals surface area contributed by atoms with Gasteiger partial charge in [-0.2, -0.15) is 13.2 Å². The van der Waals surface area contributed by atoms with Gasteiger partial charge in [0.25, 0.3) is 0 Å². The molecule has 7 heteroatoms. The highest BCUT2D eigenvalue weighted by molar-refractivity contribution is 9.09. The molecule has 0 spiro atoms. The average Bonchev–Trinajstić information content (AvgIpc) is 2.37. The molecule has 0 bridgehead atoms. The lowest BCUT2D eigenvalue weighted by Gasteiger charge is -2.37. The number of anilines is 1. The summed E-state index contributed by atoms with van der Waals surface area (Å²) in [5.74, 6) is -0.0175. The summed E-state index contributed by atoms with van der Waals surface area (Å²) in [6.07, 6.45) is -3.27. The summed E-state index contributed by atoms with van der Waals surface area (Å²) < 4.78 is 44.5. The highest BCUT2D eigenvalue weighted by atomic mass is 79.9. The Balaban J connectivity index is 2.31. The Hall–Kier alpha value is -0.820. The van der Waals surface area contributed by atoms with Crippen molar-refractivity contribution >= 4 is 21.7 Å². The van der Waals surface area contributed by atoms with Crippen molar-refractivity contribution in [3.63, 3.8) is 0 Å². The molecule has 1 aromatic rings. The summed E-state index contributed by atoms with van der Waals surface area (Å²) in [4.78, 5) is 5.55. The zero-order chi connectivity index (χ0) is 14.0. The van der Waals surface area contributed by atoms with Crippen molar-refractivity contribution in [2.45, 2.75) is 25.3 Å². The van der Waals surface area contributed by atoms with Gasteiger partial charge in [-0.15, -0.1) is 0 Å². The van der Waals surface area contributed by atoms with Crippen molar-refractivity contribution in [1.29, 1.82) is 0 Å². The monoisotopic (exact) mass is 338 g/mol. The molecule has 1 aliphatic rings. The fourth-order valence-corrected chi connectivity index (χ4v) is 2.53. The second-order valence-electron chi connectivity index (χ2n) is 4.50. The average molecular weight is 339 g/mol. The fourth-order valence-electron chi connectivity index (χ4n) is 2.17. The van der Waals surface area contributed by atoms with Gasteiger partial charge in [0.2, 0.25) is 0 Å². The molecule has 2 atom stereocenters. The SMILES string of the molecule is CC1CN(c2ncccc2C(F)(F)F)CC(CBr)O1. The molecule has 0 aromatic carbocycles. The Morgan fingerprint density at radius 1 is 1.47 bits per heavy atom. The van der Waals surface area contributed by atoms with Gasteiger partial charge in [-0.3, -0.25) is 0 Å². The first-order valence-electron chi connectivity index (χ1n) is 5.90. The van der Waals surface area contributed by atoms with E-state index >= 15 is 0 Å². The number of hydrogen-bond acceptors (Lipinski definition) is 3. The smallest absolute Gasteiger partial charge is 0.371 e. The van der Waals surface area contributed by atoms with E-state index in [0.29, 0.717) is 18.4 Å². The minimum atomic E-state index is -4.39. The van der Waals surface area contributed by atoms with Crippen LogP contribution < -0.4 is 4.90 Å². The second-order valence-corrected chi connectivity index (χ2v) is 5.15. The molecule has 1 saturated heterocycles. The number of halogens is 4. The number of hydrogen-bond donors (Lipinski definition) is 0. The predicted octanol–water partition coefficient (Wildman–Crippen LogP) is 3.09. The molecule has 3 nitrogen and oxygen atoms in total. The number of rotatable bonds is 2. The van der Waals surface area contributed by atoms with Gasteiger partial charge in [0.05, 0.1) is 17.8 Å². The molecule has 0 saturated carbocycles. The van der Waals surface area contributed by atoms with E-state index in [1.165, 1.54) is 12.3 Å². The minimum Gasteiger partial charge on any atom is -0.371 e. The van der Waals surface area contributed by atoms with Gasteiger partial charge in [0.1, 0.15) is 5.82 Å². The lowest BCUT2D eigenvalue weighted by molar-refractivity contribution is -0.137. The standard InChI is InChI=1S/C12H14BrF3N2O/c1-8-6-18(7-9(5-13)19-8)11-10(12(14,15)16)3-2-4-17-11/h2-4,8-9H,5-7H2,1H3. The molecule has 2 rings (SSSR count). The fraction of sp³-hybridized carbons (Fsp3) is 0.583. The Morgan fingerprint density at radius 3 is 2.84 bits per heavy atom. The van der Waals surface area contributed by atoms with Gasteiger partial charge in [-0.25, -0.2) is 4.98 Å². The van der Waals surface area contributed by atoms with Gasteiger partial charge in [0, 0.05) is 24.6 Å². The summed E-state index contributed by atoms with van der Waals surface area (Å²) in [6, 6.07) is 2.36. The van der Waals surface area contributed by atoms with E-state index in [2.05, 4.69) is 20.9 Å². The van der Waals surface area contributed by atoms with E-state index < -0.39 is 11.7 Å². The zero-order valence-electron chi connectivity index (χ0n) is 10.3. The van der Waals surface area contributed by atoms with Gasteiger partial charge < -0.3 is 9.64 Å². The second kappa shape index (κ2) is 5.66.